The summed E-state index contributed by atoms with van der Waals surface area (Å²) in [5, 5.41) is 14.7. The Morgan fingerprint density at radius 1 is 1.14 bits per heavy atom. The number of non-ortho nitro benzene ring substituents is 1. The molecule has 0 atom stereocenters. The summed E-state index contributed by atoms with van der Waals surface area (Å²) in [7, 11) is 0. The van der Waals surface area contributed by atoms with Crippen LogP contribution in [0.15, 0.2) is 63.5 Å². The van der Waals surface area contributed by atoms with Crippen molar-refractivity contribution in [3.8, 4) is 28.8 Å². The average Bonchev–Trinajstić information content (AvgIpc) is 3.38. The second kappa shape index (κ2) is 7.47. The number of hydrogen-bond acceptors (Lipinski definition) is 8. The molecule has 0 saturated heterocycles. The minimum Gasteiger partial charge on any atom is -0.486 e. The van der Waals surface area contributed by atoms with E-state index in [1.165, 1.54) is 24.3 Å². The largest absolute Gasteiger partial charge is 0.486 e. The van der Waals surface area contributed by atoms with Gasteiger partial charge in [-0.2, -0.15) is 4.98 Å². The van der Waals surface area contributed by atoms with E-state index in [1.54, 1.807) is 12.1 Å². The van der Waals surface area contributed by atoms with Gasteiger partial charge in [0, 0.05) is 23.4 Å². The topological polar surface area (TPSA) is 130 Å². The van der Waals surface area contributed by atoms with Crippen LogP contribution in [0.4, 0.5) is 11.4 Å². The number of anilines is 1. The molecule has 4 aromatic rings. The van der Waals surface area contributed by atoms with E-state index >= 15 is 0 Å². The summed E-state index contributed by atoms with van der Waals surface area (Å²) in [4.78, 5) is 14.6. The predicted molar refractivity (Wildman–Crippen MR) is 104 cm³/mol. The van der Waals surface area contributed by atoms with E-state index in [0.29, 0.717) is 28.8 Å². The van der Waals surface area contributed by atoms with E-state index in [-0.39, 0.29) is 18.2 Å². The molecule has 0 spiro atoms. The van der Waals surface area contributed by atoms with E-state index in [4.69, 9.17) is 19.4 Å². The van der Waals surface area contributed by atoms with Crippen LogP contribution in [0.5, 0.6) is 5.75 Å². The maximum absolute atomic E-state index is 10.7. The number of nitro benzene ring substituents is 1. The Morgan fingerprint density at radius 2 is 1.93 bits per heavy atom. The van der Waals surface area contributed by atoms with Gasteiger partial charge in [0.15, 0.2) is 5.76 Å². The van der Waals surface area contributed by atoms with Gasteiger partial charge in [0.05, 0.1) is 4.92 Å². The molecule has 2 N–H and O–H groups in total. The van der Waals surface area contributed by atoms with Gasteiger partial charge in [-0.15, -0.1) is 0 Å². The van der Waals surface area contributed by atoms with Gasteiger partial charge in [0.1, 0.15) is 18.1 Å². The van der Waals surface area contributed by atoms with E-state index in [9.17, 15) is 10.1 Å². The first-order valence-corrected chi connectivity index (χ1v) is 8.67. The molecule has 4 rings (SSSR count). The lowest BCUT2D eigenvalue weighted by atomic mass is 10.1. The average molecular weight is 392 g/mol. The van der Waals surface area contributed by atoms with Gasteiger partial charge >= 0.3 is 0 Å². The summed E-state index contributed by atoms with van der Waals surface area (Å²) >= 11 is 0. The molecule has 0 bridgehead atoms. The first-order valence-electron chi connectivity index (χ1n) is 8.67. The van der Waals surface area contributed by atoms with Crippen molar-refractivity contribution in [3.05, 3.63) is 76.0 Å². The van der Waals surface area contributed by atoms with Crippen molar-refractivity contribution in [1.82, 2.24) is 10.1 Å². The third kappa shape index (κ3) is 3.79. The molecule has 0 fully saturated rings. The van der Waals surface area contributed by atoms with E-state index in [0.717, 1.165) is 11.1 Å². The van der Waals surface area contributed by atoms with Crippen molar-refractivity contribution < 1.29 is 18.6 Å². The Bertz CT molecular complexity index is 1160. The summed E-state index contributed by atoms with van der Waals surface area (Å²) in [5.41, 5.74) is 8.24. The first kappa shape index (κ1) is 18.2. The van der Waals surface area contributed by atoms with Crippen LogP contribution in [0.3, 0.4) is 0 Å². The summed E-state index contributed by atoms with van der Waals surface area (Å²) < 4.78 is 16.6. The highest BCUT2D eigenvalue weighted by molar-refractivity contribution is 5.68. The Labute approximate surface area is 164 Å². The van der Waals surface area contributed by atoms with Crippen LogP contribution in [-0.4, -0.2) is 15.1 Å². The van der Waals surface area contributed by atoms with Gasteiger partial charge in [-0.1, -0.05) is 17.3 Å². The molecular weight excluding hydrogens is 376 g/mol. The van der Waals surface area contributed by atoms with Gasteiger partial charge in [-0.3, -0.25) is 10.1 Å². The van der Waals surface area contributed by atoms with Crippen molar-refractivity contribution in [3.63, 3.8) is 0 Å². The zero-order chi connectivity index (χ0) is 20.4. The van der Waals surface area contributed by atoms with Crippen molar-refractivity contribution >= 4 is 11.4 Å². The summed E-state index contributed by atoms with van der Waals surface area (Å²) in [5.74, 6) is 2.10. The van der Waals surface area contributed by atoms with Gasteiger partial charge in [0.2, 0.25) is 5.82 Å². The smallest absolute Gasteiger partial charge is 0.293 e. The SMILES string of the molecule is Cc1c(N)cccc1-c1noc(-c2ccc(COc3ccc([N+](=O)[O-])cc3)o2)n1. The highest BCUT2D eigenvalue weighted by Crippen LogP contribution is 2.28. The lowest BCUT2D eigenvalue weighted by Crippen LogP contribution is -1.94. The van der Waals surface area contributed by atoms with Crippen molar-refractivity contribution in [2.75, 3.05) is 5.73 Å². The molecule has 29 heavy (non-hydrogen) atoms. The molecule has 2 aromatic heterocycles. The predicted octanol–water partition coefficient (Wildman–Crippen LogP) is 4.37. The maximum Gasteiger partial charge on any atom is 0.293 e. The molecule has 0 aliphatic rings. The molecular formula is C20H16N4O5. The Kier molecular flexibility index (Phi) is 4.70. The summed E-state index contributed by atoms with van der Waals surface area (Å²) in [6.45, 7) is 2.04. The fourth-order valence-electron chi connectivity index (χ4n) is 2.72. The van der Waals surface area contributed by atoms with E-state index in [1.807, 2.05) is 25.1 Å². The minimum atomic E-state index is -0.466. The lowest BCUT2D eigenvalue weighted by Gasteiger charge is -2.03. The van der Waals surface area contributed by atoms with Gasteiger partial charge < -0.3 is 19.4 Å². The summed E-state index contributed by atoms with van der Waals surface area (Å²) in [6.07, 6.45) is 0. The number of nitro groups is 1. The lowest BCUT2D eigenvalue weighted by molar-refractivity contribution is -0.384. The quantitative estimate of drug-likeness (QED) is 0.291. The molecule has 0 amide bonds. The minimum absolute atomic E-state index is 0.000224. The number of nitrogens with two attached hydrogens (primary N) is 1. The molecule has 0 aliphatic heterocycles. The molecule has 0 radical (unpaired) electrons. The fourth-order valence-corrected chi connectivity index (χ4v) is 2.72. The Hall–Kier alpha value is -4.14. The molecule has 0 saturated carbocycles. The second-order valence-corrected chi connectivity index (χ2v) is 6.25. The van der Waals surface area contributed by atoms with Crippen LogP contribution >= 0.6 is 0 Å². The number of rotatable bonds is 6. The fraction of sp³-hybridized carbons (Fsp3) is 0.100. The Balaban J connectivity index is 1.46. The number of ether oxygens (including phenoxy) is 1. The molecule has 9 heteroatoms. The molecule has 2 aromatic carbocycles. The molecule has 146 valence electrons. The van der Waals surface area contributed by atoms with Crippen molar-refractivity contribution in [2.24, 2.45) is 0 Å². The Morgan fingerprint density at radius 3 is 2.69 bits per heavy atom. The highest BCUT2D eigenvalue weighted by atomic mass is 16.6. The van der Waals surface area contributed by atoms with Crippen molar-refractivity contribution in [2.45, 2.75) is 13.5 Å². The van der Waals surface area contributed by atoms with Crippen molar-refractivity contribution in [1.29, 1.82) is 0 Å². The van der Waals surface area contributed by atoms with Crippen LogP contribution in [0.2, 0.25) is 0 Å². The number of benzene rings is 2. The van der Waals surface area contributed by atoms with E-state index in [2.05, 4.69) is 10.1 Å². The van der Waals surface area contributed by atoms with Crippen LogP contribution in [0.25, 0.3) is 23.0 Å². The standard InChI is InChI=1S/C20H16N4O5/c1-12-16(3-2-4-17(12)21)19-22-20(29-23-19)18-10-9-15(28-18)11-27-14-7-5-13(6-8-14)24(25)26/h2-10H,11,21H2,1H3. The van der Waals surface area contributed by atoms with Crippen LogP contribution in [-0.2, 0) is 6.61 Å². The van der Waals surface area contributed by atoms with Crippen LogP contribution in [0, 0.1) is 17.0 Å². The third-order valence-electron chi connectivity index (χ3n) is 4.34. The third-order valence-corrected chi connectivity index (χ3v) is 4.34. The zero-order valence-corrected chi connectivity index (χ0v) is 15.4. The second-order valence-electron chi connectivity index (χ2n) is 6.25. The normalized spacial score (nSPS) is 10.8. The molecule has 2 heterocycles. The van der Waals surface area contributed by atoms with Gasteiger partial charge in [0.25, 0.3) is 11.6 Å². The van der Waals surface area contributed by atoms with Gasteiger partial charge in [-0.25, -0.2) is 0 Å². The molecule has 0 aliphatic carbocycles. The number of nitrogens with zero attached hydrogens (tertiary/aromatic N) is 3. The first-order chi connectivity index (χ1) is 14.0. The number of furan rings is 1. The molecule has 9 nitrogen and oxygen atoms in total. The monoisotopic (exact) mass is 392 g/mol. The number of hydrogen-bond donors (Lipinski definition) is 1. The zero-order valence-electron chi connectivity index (χ0n) is 15.4. The van der Waals surface area contributed by atoms with E-state index < -0.39 is 4.92 Å². The number of nitrogen functional groups attached to an aromatic ring is 1. The summed E-state index contributed by atoms with van der Waals surface area (Å²) in [6, 6.07) is 14.8. The molecule has 0 unspecified atom stereocenters. The van der Waals surface area contributed by atoms with Crippen LogP contribution < -0.4 is 10.5 Å². The highest BCUT2D eigenvalue weighted by Gasteiger charge is 2.16. The maximum atomic E-state index is 10.7. The number of aromatic nitrogens is 2. The van der Waals surface area contributed by atoms with Gasteiger partial charge in [-0.05, 0) is 42.8 Å². The van der Waals surface area contributed by atoms with Crippen LogP contribution in [0.1, 0.15) is 11.3 Å².